The van der Waals surface area contributed by atoms with E-state index in [9.17, 15) is 14.0 Å². The number of halogens is 1. The minimum atomic E-state index is -0.991. The van der Waals surface area contributed by atoms with Gasteiger partial charge in [0.15, 0.2) is 6.10 Å². The fourth-order valence-electron chi connectivity index (χ4n) is 2.49. The number of rotatable bonds is 4. The van der Waals surface area contributed by atoms with Crippen molar-refractivity contribution in [3.63, 3.8) is 0 Å². The number of ketones is 1. The lowest BCUT2D eigenvalue weighted by atomic mass is 10.1. The third-order valence-corrected chi connectivity index (χ3v) is 4.09. The summed E-state index contributed by atoms with van der Waals surface area (Å²) in [5.41, 5.74) is 3.44. The first-order valence-corrected chi connectivity index (χ1v) is 8.11. The smallest absolute Gasteiger partial charge is 0.338 e. The van der Waals surface area contributed by atoms with Crippen molar-refractivity contribution in [3.8, 4) is 0 Å². The highest BCUT2D eigenvalue weighted by atomic mass is 19.1. The molecule has 6 heteroatoms. The van der Waals surface area contributed by atoms with Gasteiger partial charge in [-0.1, -0.05) is 0 Å². The second kappa shape index (κ2) is 7.00. The molecule has 0 unspecified atom stereocenters. The average Bonchev–Trinajstić information content (AvgIpc) is 2.62. The molecule has 132 valence electrons. The van der Waals surface area contributed by atoms with E-state index in [1.54, 1.807) is 18.2 Å². The van der Waals surface area contributed by atoms with E-state index < -0.39 is 23.7 Å². The first-order valence-electron chi connectivity index (χ1n) is 8.11. The molecule has 0 fully saturated rings. The van der Waals surface area contributed by atoms with Crippen LogP contribution < -0.4 is 0 Å². The van der Waals surface area contributed by atoms with Gasteiger partial charge in [-0.3, -0.25) is 4.79 Å². The van der Waals surface area contributed by atoms with Crippen molar-refractivity contribution in [2.75, 3.05) is 0 Å². The average molecular weight is 352 g/mol. The van der Waals surface area contributed by atoms with Crippen molar-refractivity contribution in [2.45, 2.75) is 26.9 Å². The van der Waals surface area contributed by atoms with Gasteiger partial charge in [0, 0.05) is 5.56 Å². The summed E-state index contributed by atoms with van der Waals surface area (Å²) >= 11 is 0. The first kappa shape index (κ1) is 17.7. The van der Waals surface area contributed by atoms with Crippen LogP contribution in [0.15, 0.2) is 42.5 Å². The minimum absolute atomic E-state index is 0.280. The zero-order chi connectivity index (χ0) is 18.8. The lowest BCUT2D eigenvalue weighted by molar-refractivity contribution is 0.0319. The van der Waals surface area contributed by atoms with Gasteiger partial charge in [0.25, 0.3) is 0 Å². The number of aryl methyl sites for hydroxylation is 2. The van der Waals surface area contributed by atoms with E-state index in [2.05, 4.69) is 9.97 Å². The Balaban J connectivity index is 1.78. The van der Waals surface area contributed by atoms with Crippen LogP contribution >= 0.6 is 0 Å². The van der Waals surface area contributed by atoms with Crippen LogP contribution in [0.2, 0.25) is 0 Å². The van der Waals surface area contributed by atoms with E-state index in [4.69, 9.17) is 4.74 Å². The number of hydrogen-bond donors (Lipinski definition) is 0. The van der Waals surface area contributed by atoms with Crippen LogP contribution in [-0.4, -0.2) is 27.8 Å². The van der Waals surface area contributed by atoms with Crippen LogP contribution in [0.5, 0.6) is 0 Å². The van der Waals surface area contributed by atoms with Gasteiger partial charge < -0.3 is 4.74 Å². The summed E-state index contributed by atoms with van der Waals surface area (Å²) in [6.07, 6.45) is -0.991. The van der Waals surface area contributed by atoms with Crippen LogP contribution in [0.3, 0.4) is 0 Å². The van der Waals surface area contributed by atoms with E-state index in [-0.39, 0.29) is 11.1 Å². The van der Waals surface area contributed by atoms with E-state index in [1.165, 1.54) is 31.2 Å². The maximum absolute atomic E-state index is 13.0. The molecule has 0 radical (unpaired) electrons. The predicted molar refractivity (Wildman–Crippen MR) is 94.6 cm³/mol. The molecule has 26 heavy (non-hydrogen) atoms. The molecule has 1 atom stereocenters. The molecule has 0 spiro atoms. The van der Waals surface area contributed by atoms with Crippen molar-refractivity contribution in [1.82, 2.24) is 9.97 Å². The molecule has 0 aliphatic rings. The van der Waals surface area contributed by atoms with Crippen LogP contribution in [0, 0.1) is 19.7 Å². The van der Waals surface area contributed by atoms with Gasteiger partial charge in [-0.25, -0.2) is 19.2 Å². The SMILES string of the molecule is Cc1nc2ccc(C(=O)O[C@@H](C)C(=O)c3ccc(F)cc3)cc2nc1C. The standard InChI is InChI=1S/C20H17FN2O3/c1-11-12(2)23-18-10-15(6-9-17(18)22-11)20(25)26-13(3)19(24)14-4-7-16(21)8-5-14/h4-10,13H,1-3H3/t13-/m0/s1. The minimum Gasteiger partial charge on any atom is -0.451 e. The molecule has 3 aromatic rings. The fraction of sp³-hybridized carbons (Fsp3) is 0.200. The number of aromatic nitrogens is 2. The summed E-state index contributed by atoms with van der Waals surface area (Å²) in [6.45, 7) is 5.20. The van der Waals surface area contributed by atoms with Crippen LogP contribution in [-0.2, 0) is 4.74 Å². The molecule has 2 aromatic carbocycles. The highest BCUT2D eigenvalue weighted by Crippen LogP contribution is 2.16. The van der Waals surface area contributed by atoms with Gasteiger partial charge in [0.2, 0.25) is 5.78 Å². The maximum Gasteiger partial charge on any atom is 0.338 e. The molecule has 1 heterocycles. The Morgan fingerprint density at radius 1 is 0.923 bits per heavy atom. The third kappa shape index (κ3) is 3.59. The Morgan fingerprint density at radius 3 is 2.15 bits per heavy atom. The van der Waals surface area contributed by atoms with Crippen molar-refractivity contribution >= 4 is 22.8 Å². The van der Waals surface area contributed by atoms with Crippen LogP contribution in [0.1, 0.15) is 39.0 Å². The van der Waals surface area contributed by atoms with Gasteiger partial charge in [0.05, 0.1) is 28.0 Å². The fourth-order valence-corrected chi connectivity index (χ4v) is 2.49. The van der Waals surface area contributed by atoms with Crippen molar-refractivity contribution in [3.05, 3.63) is 70.8 Å². The number of carbonyl (C=O) groups excluding carboxylic acids is 2. The van der Waals surface area contributed by atoms with Crippen molar-refractivity contribution < 1.29 is 18.7 Å². The molecule has 3 rings (SSSR count). The second-order valence-corrected chi connectivity index (χ2v) is 6.02. The number of nitrogens with zero attached hydrogens (tertiary/aromatic N) is 2. The number of carbonyl (C=O) groups is 2. The Labute approximate surface area is 149 Å². The Bertz CT molecular complexity index is 1000. The summed E-state index contributed by atoms with van der Waals surface area (Å²) in [5.74, 6) is -1.46. The molecular formula is C20H17FN2O3. The Morgan fingerprint density at radius 2 is 1.50 bits per heavy atom. The molecular weight excluding hydrogens is 335 g/mol. The Hall–Kier alpha value is -3.15. The Kier molecular flexibility index (Phi) is 4.75. The summed E-state index contributed by atoms with van der Waals surface area (Å²) < 4.78 is 18.2. The molecule has 5 nitrogen and oxygen atoms in total. The highest BCUT2D eigenvalue weighted by molar-refractivity contribution is 6.01. The van der Waals surface area contributed by atoms with Crippen LogP contribution in [0.25, 0.3) is 11.0 Å². The van der Waals surface area contributed by atoms with Gasteiger partial charge in [-0.05, 0) is 63.2 Å². The molecule has 0 aliphatic carbocycles. The molecule has 0 amide bonds. The number of esters is 1. The predicted octanol–water partition coefficient (Wildman–Crippen LogP) is 3.81. The van der Waals surface area contributed by atoms with Crippen LogP contribution in [0.4, 0.5) is 4.39 Å². The number of hydrogen-bond acceptors (Lipinski definition) is 5. The molecule has 0 saturated heterocycles. The molecule has 0 N–H and O–H groups in total. The number of benzene rings is 2. The number of Topliss-reactive ketones (excluding diaryl/α,β-unsaturated/α-hetero) is 1. The van der Waals surface area contributed by atoms with E-state index >= 15 is 0 Å². The van der Waals surface area contributed by atoms with Crippen molar-refractivity contribution in [1.29, 1.82) is 0 Å². The monoisotopic (exact) mass is 352 g/mol. The maximum atomic E-state index is 13.0. The van der Waals surface area contributed by atoms with E-state index in [0.717, 1.165) is 11.4 Å². The van der Waals surface area contributed by atoms with Crippen molar-refractivity contribution in [2.24, 2.45) is 0 Å². The quantitative estimate of drug-likeness (QED) is 0.527. The number of ether oxygens (including phenoxy) is 1. The first-order chi connectivity index (χ1) is 12.3. The van der Waals surface area contributed by atoms with Gasteiger partial charge in [0.1, 0.15) is 5.82 Å². The third-order valence-electron chi connectivity index (χ3n) is 4.09. The lowest BCUT2D eigenvalue weighted by Crippen LogP contribution is -2.24. The second-order valence-electron chi connectivity index (χ2n) is 6.02. The summed E-state index contributed by atoms with van der Waals surface area (Å²) in [7, 11) is 0. The van der Waals surface area contributed by atoms with Gasteiger partial charge in [-0.2, -0.15) is 0 Å². The zero-order valence-electron chi connectivity index (χ0n) is 14.6. The van der Waals surface area contributed by atoms with E-state index in [1.807, 2.05) is 13.8 Å². The lowest BCUT2D eigenvalue weighted by Gasteiger charge is -2.13. The zero-order valence-corrected chi connectivity index (χ0v) is 14.6. The number of fused-ring (bicyclic) bond motifs is 1. The summed E-state index contributed by atoms with van der Waals surface area (Å²) in [5, 5.41) is 0. The van der Waals surface area contributed by atoms with Gasteiger partial charge >= 0.3 is 5.97 Å². The highest BCUT2D eigenvalue weighted by Gasteiger charge is 2.21. The summed E-state index contributed by atoms with van der Waals surface area (Å²) in [6, 6.07) is 9.97. The van der Waals surface area contributed by atoms with Gasteiger partial charge in [-0.15, -0.1) is 0 Å². The largest absolute Gasteiger partial charge is 0.451 e. The molecule has 0 aliphatic heterocycles. The van der Waals surface area contributed by atoms with E-state index in [0.29, 0.717) is 11.0 Å². The molecule has 0 bridgehead atoms. The topological polar surface area (TPSA) is 69.2 Å². The molecule has 1 aromatic heterocycles. The summed E-state index contributed by atoms with van der Waals surface area (Å²) in [4.78, 5) is 33.5. The molecule has 0 saturated carbocycles. The normalized spacial score (nSPS) is 12.0.